The van der Waals surface area contributed by atoms with E-state index in [0.717, 1.165) is 77.9 Å². The second-order valence-corrected chi connectivity index (χ2v) is 19.4. The van der Waals surface area contributed by atoms with E-state index < -0.39 is 30.0 Å². The van der Waals surface area contributed by atoms with Crippen LogP contribution >= 0.6 is 11.3 Å². The number of rotatable bonds is 24. The fourth-order valence-electron chi connectivity index (χ4n) is 9.09. The van der Waals surface area contributed by atoms with Gasteiger partial charge in [0.15, 0.2) is 5.82 Å². The highest BCUT2D eigenvalue weighted by molar-refractivity contribution is 7.13. The molecule has 4 atom stereocenters. The van der Waals surface area contributed by atoms with Gasteiger partial charge in [-0.3, -0.25) is 19.1 Å². The minimum Gasteiger partial charge on any atom is -0.507 e. The number of nitrogens with zero attached hydrogens (tertiary/aromatic N) is 7. The molecule has 0 unspecified atom stereocenters. The number of benzene rings is 2. The van der Waals surface area contributed by atoms with Crippen LogP contribution in [0.25, 0.3) is 32.8 Å². The number of para-hydroxylation sites is 1. The summed E-state index contributed by atoms with van der Waals surface area (Å²) in [6.07, 6.45) is 14.0. The summed E-state index contributed by atoms with van der Waals surface area (Å²) in [5.41, 5.74) is 14.1. The van der Waals surface area contributed by atoms with E-state index in [2.05, 4.69) is 36.1 Å². The second-order valence-electron chi connectivity index (χ2n) is 18.6. The molecule has 0 aliphatic carbocycles. The molecule has 7 rings (SSSR count). The molecule has 0 radical (unpaired) electrons. The smallest absolute Gasteiger partial charge is 0.243 e. The van der Waals surface area contributed by atoms with Crippen LogP contribution < -0.4 is 16.4 Å². The summed E-state index contributed by atoms with van der Waals surface area (Å²) in [5, 5.41) is 44.0. The third kappa shape index (κ3) is 13.4. The van der Waals surface area contributed by atoms with E-state index in [4.69, 9.17) is 10.3 Å². The van der Waals surface area contributed by atoms with Gasteiger partial charge in [-0.1, -0.05) is 107 Å². The monoisotopic (exact) mass is 958 g/mol. The molecule has 69 heavy (non-hydrogen) atoms. The van der Waals surface area contributed by atoms with Crippen LogP contribution in [0.2, 0.25) is 0 Å². The normalized spacial score (nSPS) is 15.7. The maximum absolute atomic E-state index is 14.1. The highest BCUT2D eigenvalue weighted by Crippen LogP contribution is 2.34. The molecule has 3 amide bonds. The summed E-state index contributed by atoms with van der Waals surface area (Å²) >= 11 is 1.55. The Labute approximate surface area is 408 Å². The molecule has 5 heterocycles. The number of nitrogens with two attached hydrogens (primary N) is 1. The van der Waals surface area contributed by atoms with Gasteiger partial charge >= 0.3 is 0 Å². The molecule has 6 aromatic rings. The van der Waals surface area contributed by atoms with Crippen LogP contribution in [0.3, 0.4) is 0 Å². The lowest BCUT2D eigenvalue weighted by Gasteiger charge is -2.30. The lowest BCUT2D eigenvalue weighted by Crippen LogP contribution is -2.49. The SMILES string of the molecule is Cc1cc([C@@H](C(=O)N2C[C@H](O)C[C@H]2C(=O)N[C@@H](CC(=O)NCCCCCCCCCCCCn2cc(-c3cc(-c4ccccc4O)nnc3N)cn2)c2ccc(-c3scnc3C)cc2)C(C)C)on1. The van der Waals surface area contributed by atoms with Crippen LogP contribution in [0, 0.1) is 19.8 Å². The maximum atomic E-state index is 14.1. The number of hydrogen-bond acceptors (Lipinski definition) is 13. The third-order valence-electron chi connectivity index (χ3n) is 12.9. The van der Waals surface area contributed by atoms with Crippen LogP contribution in [-0.2, 0) is 20.9 Å². The summed E-state index contributed by atoms with van der Waals surface area (Å²) in [6, 6.07) is 16.8. The number of anilines is 1. The highest BCUT2D eigenvalue weighted by Gasteiger charge is 2.43. The van der Waals surface area contributed by atoms with Crippen molar-refractivity contribution in [3.63, 3.8) is 0 Å². The molecule has 4 aromatic heterocycles. The van der Waals surface area contributed by atoms with Gasteiger partial charge in [-0.15, -0.1) is 21.5 Å². The quantitative estimate of drug-likeness (QED) is 0.0359. The topological polar surface area (TPSA) is 228 Å². The van der Waals surface area contributed by atoms with Crippen molar-refractivity contribution in [2.24, 2.45) is 5.92 Å². The van der Waals surface area contributed by atoms with Crippen molar-refractivity contribution in [1.82, 2.24) is 45.7 Å². The summed E-state index contributed by atoms with van der Waals surface area (Å²) < 4.78 is 7.44. The number of unbranched alkanes of at least 4 members (excludes halogenated alkanes) is 9. The van der Waals surface area contributed by atoms with E-state index in [0.29, 0.717) is 35.1 Å². The third-order valence-corrected chi connectivity index (χ3v) is 13.8. The first-order chi connectivity index (χ1) is 33.4. The van der Waals surface area contributed by atoms with Crippen LogP contribution in [0.4, 0.5) is 5.82 Å². The van der Waals surface area contributed by atoms with E-state index in [1.807, 2.05) is 73.6 Å². The Bertz CT molecular complexity index is 2630. The first-order valence-electron chi connectivity index (χ1n) is 24.3. The van der Waals surface area contributed by atoms with Crippen molar-refractivity contribution in [3.8, 4) is 38.6 Å². The summed E-state index contributed by atoms with van der Waals surface area (Å²) in [5.74, 6) is -0.844. The molecule has 16 nitrogen and oxygen atoms in total. The minimum absolute atomic E-state index is 0.0178. The number of carbonyl (C=O) groups is 3. The number of hydrogen-bond donors (Lipinski definition) is 5. The fourth-order valence-corrected chi connectivity index (χ4v) is 9.90. The number of aromatic hydroxyl groups is 1. The average molecular weight is 959 g/mol. The first-order valence-corrected chi connectivity index (χ1v) is 25.2. The Kier molecular flexibility index (Phi) is 17.7. The molecule has 1 aliphatic rings. The molecule has 1 saturated heterocycles. The number of nitrogen functional groups attached to an aromatic ring is 1. The number of aromatic nitrogens is 6. The first kappa shape index (κ1) is 50.4. The molecule has 366 valence electrons. The second kappa shape index (κ2) is 24.2. The molecular weight excluding hydrogens is 893 g/mol. The number of β-amino-alcohol motifs (C(OH)–C–C–N with tert-alkyl or cyclic N) is 1. The van der Waals surface area contributed by atoms with Gasteiger partial charge < -0.3 is 36.0 Å². The van der Waals surface area contributed by atoms with E-state index in [1.54, 1.807) is 48.7 Å². The largest absolute Gasteiger partial charge is 0.507 e. The summed E-state index contributed by atoms with van der Waals surface area (Å²) in [6.45, 7) is 8.96. The van der Waals surface area contributed by atoms with E-state index in [-0.39, 0.29) is 42.9 Å². The zero-order valence-corrected chi connectivity index (χ0v) is 41.0. The number of likely N-dealkylation sites (tertiary alicyclic amines) is 1. The van der Waals surface area contributed by atoms with Crippen LogP contribution in [0.15, 0.2) is 83.1 Å². The lowest BCUT2D eigenvalue weighted by atomic mass is 9.91. The van der Waals surface area contributed by atoms with Gasteiger partial charge in [0.05, 0.1) is 52.2 Å². The molecule has 0 saturated carbocycles. The molecule has 1 aliphatic heterocycles. The number of amides is 3. The van der Waals surface area contributed by atoms with Crippen molar-refractivity contribution in [2.75, 3.05) is 18.8 Å². The van der Waals surface area contributed by atoms with Crippen molar-refractivity contribution in [3.05, 3.63) is 101 Å². The molecule has 0 bridgehead atoms. The van der Waals surface area contributed by atoms with Gasteiger partial charge in [-0.25, -0.2) is 4.98 Å². The van der Waals surface area contributed by atoms with Crippen molar-refractivity contribution >= 4 is 34.9 Å². The summed E-state index contributed by atoms with van der Waals surface area (Å²) in [4.78, 5) is 48.5. The van der Waals surface area contributed by atoms with Gasteiger partial charge in [-0.2, -0.15) is 5.10 Å². The number of nitrogens with one attached hydrogen (secondary N) is 2. The zero-order valence-electron chi connectivity index (χ0n) is 40.1. The Morgan fingerprint density at radius 2 is 1.61 bits per heavy atom. The number of thiazole rings is 1. The maximum Gasteiger partial charge on any atom is 0.243 e. The van der Waals surface area contributed by atoms with E-state index in [9.17, 15) is 24.6 Å². The number of aliphatic hydroxyl groups excluding tert-OH is 1. The molecule has 0 spiro atoms. The number of phenolic OH excluding ortho intramolecular Hbond substituents is 1. The highest BCUT2D eigenvalue weighted by atomic mass is 32.1. The predicted octanol–water partition coefficient (Wildman–Crippen LogP) is 8.69. The standard InChI is InChI=1S/C52H66N10O6S/c1-33(2)48(46-25-34(3)60-68-46)52(67)62-31-39(63)26-44(62)51(66)57-42(36-19-21-37(22-20-36)49-35(4)55-32-69-49)28-47(65)54-23-15-11-9-7-5-6-8-10-12-16-24-61-30-38(29-56-61)41-27-43(58-59-50(41)53)40-17-13-14-18-45(40)64/h13-14,17-22,25,27,29-30,32-33,39,42,44,48,63-64H,5-12,15-16,23-24,26,28,31H2,1-4H3,(H2,53,59)(H,54,65)(H,57,66)/t39-,42+,44+,48+/m1/s1. The van der Waals surface area contributed by atoms with Crippen molar-refractivity contribution in [2.45, 2.75) is 135 Å². The van der Waals surface area contributed by atoms with Crippen LogP contribution in [0.1, 0.15) is 126 Å². The average Bonchev–Trinajstić information content (AvgIpc) is 4.16. The number of carbonyl (C=O) groups excluding carboxylic acids is 3. The number of aliphatic hydroxyl groups is 1. The zero-order chi connectivity index (χ0) is 48.9. The number of phenols is 1. The van der Waals surface area contributed by atoms with Gasteiger partial charge in [0.2, 0.25) is 17.7 Å². The molecule has 17 heteroatoms. The van der Waals surface area contributed by atoms with Crippen LogP contribution in [0.5, 0.6) is 5.75 Å². The molecule has 6 N–H and O–H groups in total. The van der Waals surface area contributed by atoms with Crippen LogP contribution in [-0.4, -0.2) is 88.2 Å². The fraction of sp³-hybridized carbons (Fsp3) is 0.462. The summed E-state index contributed by atoms with van der Waals surface area (Å²) in [7, 11) is 0. The predicted molar refractivity (Wildman–Crippen MR) is 267 cm³/mol. The Hall–Kier alpha value is -6.46. The van der Waals surface area contributed by atoms with Gasteiger partial charge in [0, 0.05) is 55.0 Å². The van der Waals surface area contributed by atoms with Gasteiger partial charge in [-0.05, 0) is 61.9 Å². The van der Waals surface area contributed by atoms with Gasteiger partial charge in [0.25, 0.3) is 0 Å². The minimum atomic E-state index is -0.920. The molecule has 1 fully saturated rings. The molecule has 2 aromatic carbocycles. The Morgan fingerprint density at radius 3 is 2.28 bits per heavy atom. The lowest BCUT2D eigenvalue weighted by molar-refractivity contribution is -0.141. The Balaban J connectivity index is 0.818. The van der Waals surface area contributed by atoms with Crippen molar-refractivity contribution in [1.29, 1.82) is 0 Å². The Morgan fingerprint density at radius 1 is 0.899 bits per heavy atom. The number of aryl methyl sites for hydroxylation is 3. The molecular formula is C52H66N10O6S. The van der Waals surface area contributed by atoms with Crippen molar-refractivity contribution < 1.29 is 29.1 Å². The van der Waals surface area contributed by atoms with E-state index in [1.165, 1.54) is 30.6 Å². The van der Waals surface area contributed by atoms with E-state index >= 15 is 0 Å². The van der Waals surface area contributed by atoms with Gasteiger partial charge in [0.1, 0.15) is 23.5 Å².